The number of piperidine rings is 1. The smallest absolute Gasteiger partial charge is 0.227 e. The number of fused-ring (bicyclic) bond motifs is 1. The van der Waals surface area contributed by atoms with Crippen molar-refractivity contribution in [2.75, 3.05) is 18.4 Å². The van der Waals surface area contributed by atoms with Crippen LogP contribution in [0.15, 0.2) is 67.3 Å². The topological polar surface area (TPSA) is 86.8 Å². The van der Waals surface area contributed by atoms with Crippen molar-refractivity contribution in [3.63, 3.8) is 0 Å². The Balaban J connectivity index is 1.28. The van der Waals surface area contributed by atoms with E-state index < -0.39 is 0 Å². The molecule has 4 aromatic rings. The second kappa shape index (κ2) is 8.55. The van der Waals surface area contributed by atoms with Crippen molar-refractivity contribution in [1.82, 2.24) is 24.8 Å². The number of pyridine rings is 1. The molecule has 3 aromatic heterocycles. The summed E-state index contributed by atoms with van der Waals surface area (Å²) in [6.45, 7) is 1.50. The number of hydrogen-bond donors (Lipinski definition) is 2. The largest absolute Gasteiger partial charge is 0.361 e. The fraction of sp³-hybridized carbons (Fsp3) is 0.250. The molecule has 2 N–H and O–H groups in total. The van der Waals surface area contributed by atoms with Gasteiger partial charge in [0.1, 0.15) is 11.6 Å². The Morgan fingerprint density at radius 2 is 2.06 bits per heavy atom. The number of likely N-dealkylation sites (tertiary alicyclic amines) is 1. The molecule has 156 valence electrons. The SMILES string of the molecule is O=C(Cc1c[nH]c2ccccc12)N1CCCC(c2cccc(Nc3cnccn3)n2)C1. The summed E-state index contributed by atoms with van der Waals surface area (Å²) in [6, 6.07) is 14.1. The van der Waals surface area contributed by atoms with E-state index in [2.05, 4.69) is 26.3 Å². The lowest BCUT2D eigenvalue weighted by molar-refractivity contribution is -0.131. The molecule has 1 amide bonds. The Morgan fingerprint density at radius 1 is 1.13 bits per heavy atom. The van der Waals surface area contributed by atoms with Gasteiger partial charge in [0.15, 0.2) is 0 Å². The first-order chi connectivity index (χ1) is 15.3. The molecule has 31 heavy (non-hydrogen) atoms. The van der Waals surface area contributed by atoms with Gasteiger partial charge in [-0.05, 0) is 36.6 Å². The van der Waals surface area contributed by atoms with Gasteiger partial charge in [0.25, 0.3) is 0 Å². The number of para-hydroxylation sites is 1. The summed E-state index contributed by atoms with van der Waals surface area (Å²) in [7, 11) is 0. The molecule has 1 aliphatic rings. The van der Waals surface area contributed by atoms with E-state index in [1.54, 1.807) is 18.6 Å². The minimum atomic E-state index is 0.170. The first kappa shape index (κ1) is 19.2. The highest BCUT2D eigenvalue weighted by Crippen LogP contribution is 2.28. The van der Waals surface area contributed by atoms with E-state index in [9.17, 15) is 4.79 Å². The zero-order valence-corrected chi connectivity index (χ0v) is 17.2. The average Bonchev–Trinajstić information content (AvgIpc) is 3.23. The number of carbonyl (C=O) groups excluding carboxylic acids is 1. The van der Waals surface area contributed by atoms with Gasteiger partial charge in [-0.2, -0.15) is 0 Å². The van der Waals surface area contributed by atoms with Gasteiger partial charge >= 0.3 is 0 Å². The van der Waals surface area contributed by atoms with Crippen molar-refractivity contribution in [2.24, 2.45) is 0 Å². The van der Waals surface area contributed by atoms with Gasteiger partial charge in [0, 0.05) is 54.2 Å². The summed E-state index contributed by atoms with van der Waals surface area (Å²) < 4.78 is 0. The van der Waals surface area contributed by atoms with E-state index in [0.29, 0.717) is 18.8 Å². The summed E-state index contributed by atoms with van der Waals surface area (Å²) in [5.41, 5.74) is 3.12. The second-order valence-corrected chi connectivity index (χ2v) is 7.88. The van der Waals surface area contributed by atoms with Gasteiger partial charge in [-0.1, -0.05) is 24.3 Å². The van der Waals surface area contributed by atoms with Crippen LogP contribution in [0.1, 0.15) is 30.0 Å². The minimum absolute atomic E-state index is 0.170. The van der Waals surface area contributed by atoms with Crippen molar-refractivity contribution in [3.8, 4) is 0 Å². The molecule has 5 rings (SSSR count). The molecule has 1 unspecified atom stereocenters. The molecule has 1 fully saturated rings. The van der Waals surface area contributed by atoms with Gasteiger partial charge < -0.3 is 15.2 Å². The van der Waals surface area contributed by atoms with Crippen molar-refractivity contribution < 1.29 is 4.79 Å². The van der Waals surface area contributed by atoms with Crippen LogP contribution >= 0.6 is 0 Å². The lowest BCUT2D eigenvalue weighted by Gasteiger charge is -2.32. The highest BCUT2D eigenvalue weighted by atomic mass is 16.2. The van der Waals surface area contributed by atoms with E-state index in [0.717, 1.165) is 47.4 Å². The van der Waals surface area contributed by atoms with Crippen LogP contribution in [0.3, 0.4) is 0 Å². The molecule has 4 heterocycles. The summed E-state index contributed by atoms with van der Waals surface area (Å²) in [6.07, 6.45) is 9.32. The third kappa shape index (κ3) is 4.26. The molecule has 0 radical (unpaired) electrons. The van der Waals surface area contributed by atoms with Gasteiger partial charge in [0.05, 0.1) is 12.6 Å². The summed E-state index contributed by atoms with van der Waals surface area (Å²) in [4.78, 5) is 31.4. The Morgan fingerprint density at radius 3 is 2.97 bits per heavy atom. The average molecular weight is 412 g/mol. The van der Waals surface area contributed by atoms with Crippen LogP contribution in [0.25, 0.3) is 10.9 Å². The Hall–Kier alpha value is -3.74. The number of H-pyrrole nitrogens is 1. The zero-order chi connectivity index (χ0) is 21.0. The zero-order valence-electron chi connectivity index (χ0n) is 17.2. The first-order valence-corrected chi connectivity index (χ1v) is 10.6. The number of benzene rings is 1. The standard InChI is InChI=1S/C24H24N6O/c31-24(13-18-14-27-21-7-2-1-6-19(18)21)30-12-4-5-17(16-30)20-8-3-9-22(28-20)29-23-15-25-10-11-26-23/h1-3,6-11,14-15,17,27H,4-5,12-13,16H2,(H,26,28,29). The molecule has 7 heteroatoms. The van der Waals surface area contributed by atoms with Crippen LogP contribution in [0.4, 0.5) is 11.6 Å². The number of carbonyl (C=O) groups is 1. The maximum absolute atomic E-state index is 13.1. The molecule has 1 atom stereocenters. The van der Waals surface area contributed by atoms with Crippen LogP contribution < -0.4 is 5.32 Å². The van der Waals surface area contributed by atoms with E-state index in [-0.39, 0.29) is 11.8 Å². The van der Waals surface area contributed by atoms with Crippen molar-refractivity contribution in [2.45, 2.75) is 25.2 Å². The maximum atomic E-state index is 13.1. The molecule has 1 aromatic carbocycles. The fourth-order valence-electron chi connectivity index (χ4n) is 4.24. The molecule has 1 aliphatic heterocycles. The van der Waals surface area contributed by atoms with Crippen molar-refractivity contribution in [1.29, 1.82) is 0 Å². The van der Waals surface area contributed by atoms with Crippen LogP contribution in [0.5, 0.6) is 0 Å². The number of hydrogen-bond acceptors (Lipinski definition) is 5. The van der Waals surface area contributed by atoms with E-state index in [1.165, 1.54) is 0 Å². The highest BCUT2D eigenvalue weighted by Gasteiger charge is 2.26. The Labute approximate surface area is 180 Å². The second-order valence-electron chi connectivity index (χ2n) is 7.88. The molecule has 0 saturated carbocycles. The first-order valence-electron chi connectivity index (χ1n) is 10.6. The molecule has 7 nitrogen and oxygen atoms in total. The number of aromatic amines is 1. The molecular weight excluding hydrogens is 388 g/mol. The number of aromatic nitrogens is 4. The molecule has 0 bridgehead atoms. The normalized spacial score (nSPS) is 16.4. The molecule has 1 saturated heterocycles. The molecule has 0 spiro atoms. The number of nitrogens with one attached hydrogen (secondary N) is 2. The lowest BCUT2D eigenvalue weighted by Crippen LogP contribution is -2.40. The number of nitrogens with zero attached hydrogens (tertiary/aromatic N) is 4. The fourth-order valence-corrected chi connectivity index (χ4v) is 4.24. The third-order valence-corrected chi connectivity index (χ3v) is 5.80. The van der Waals surface area contributed by atoms with Gasteiger partial charge in [-0.25, -0.2) is 9.97 Å². The van der Waals surface area contributed by atoms with Gasteiger partial charge in [0.2, 0.25) is 5.91 Å². The molecule has 0 aliphatic carbocycles. The number of amides is 1. The van der Waals surface area contributed by atoms with E-state index in [1.807, 2.05) is 47.5 Å². The van der Waals surface area contributed by atoms with Crippen molar-refractivity contribution in [3.05, 3.63) is 78.5 Å². The quantitative estimate of drug-likeness (QED) is 0.516. The maximum Gasteiger partial charge on any atom is 0.227 e. The Bertz CT molecular complexity index is 1190. The minimum Gasteiger partial charge on any atom is -0.361 e. The van der Waals surface area contributed by atoms with Crippen LogP contribution in [-0.2, 0) is 11.2 Å². The third-order valence-electron chi connectivity index (χ3n) is 5.80. The molecular formula is C24H24N6O. The van der Waals surface area contributed by atoms with Crippen molar-refractivity contribution >= 4 is 28.4 Å². The number of rotatable bonds is 5. The predicted octanol–water partition coefficient (Wildman–Crippen LogP) is 4.05. The summed E-state index contributed by atoms with van der Waals surface area (Å²) >= 11 is 0. The highest BCUT2D eigenvalue weighted by molar-refractivity contribution is 5.89. The van der Waals surface area contributed by atoms with Gasteiger partial charge in [-0.3, -0.25) is 9.78 Å². The van der Waals surface area contributed by atoms with Crippen LogP contribution in [0.2, 0.25) is 0 Å². The van der Waals surface area contributed by atoms with E-state index >= 15 is 0 Å². The summed E-state index contributed by atoms with van der Waals surface area (Å²) in [5.74, 6) is 1.79. The van der Waals surface area contributed by atoms with Crippen LogP contribution in [-0.4, -0.2) is 43.8 Å². The lowest BCUT2D eigenvalue weighted by atomic mass is 9.93. The van der Waals surface area contributed by atoms with E-state index in [4.69, 9.17) is 4.98 Å². The number of anilines is 2. The Kier molecular flexibility index (Phi) is 5.31. The van der Waals surface area contributed by atoms with Crippen LogP contribution in [0, 0.1) is 0 Å². The van der Waals surface area contributed by atoms with Gasteiger partial charge in [-0.15, -0.1) is 0 Å². The predicted molar refractivity (Wildman–Crippen MR) is 120 cm³/mol. The monoisotopic (exact) mass is 412 g/mol. The summed E-state index contributed by atoms with van der Waals surface area (Å²) in [5, 5.41) is 4.31.